The monoisotopic (exact) mass is 201 g/mol. The average Bonchev–Trinajstić information content (AvgIpc) is 2.11. The molecule has 0 spiro atoms. The zero-order chi connectivity index (χ0) is 11.0. The first-order valence-corrected chi connectivity index (χ1v) is 5.10. The number of methoxy groups -OCH3 is 1. The highest BCUT2D eigenvalue weighted by Crippen LogP contribution is 2.02. The van der Waals surface area contributed by atoms with Gasteiger partial charge in [-0.25, -0.2) is 0 Å². The van der Waals surface area contributed by atoms with Gasteiger partial charge in [0, 0.05) is 26.2 Å². The summed E-state index contributed by atoms with van der Waals surface area (Å²) in [5.41, 5.74) is 5.34. The maximum atomic E-state index is 7.19. The topological polar surface area (TPSA) is 62.3 Å². The summed E-state index contributed by atoms with van der Waals surface area (Å²) in [6.45, 7) is 3.96. The molecule has 0 radical (unpaired) electrons. The summed E-state index contributed by atoms with van der Waals surface area (Å²) >= 11 is 0. The molecular weight excluding hydrogens is 178 g/mol. The first kappa shape index (κ1) is 13.4. The summed E-state index contributed by atoms with van der Waals surface area (Å²) in [6, 6.07) is 0.357. The lowest BCUT2D eigenvalue weighted by Gasteiger charge is -2.24. The van der Waals surface area contributed by atoms with Crippen molar-refractivity contribution < 1.29 is 4.74 Å². The van der Waals surface area contributed by atoms with Crippen LogP contribution in [0.3, 0.4) is 0 Å². The highest BCUT2D eigenvalue weighted by molar-refractivity contribution is 5.77. The van der Waals surface area contributed by atoms with E-state index in [9.17, 15) is 0 Å². The Hall–Kier alpha value is -0.610. The summed E-state index contributed by atoms with van der Waals surface area (Å²) < 4.78 is 4.98. The van der Waals surface area contributed by atoms with Crippen LogP contribution >= 0.6 is 0 Å². The molecule has 3 N–H and O–H groups in total. The first-order valence-electron chi connectivity index (χ1n) is 5.10. The third kappa shape index (κ3) is 6.86. The van der Waals surface area contributed by atoms with Gasteiger partial charge in [-0.3, -0.25) is 5.41 Å². The van der Waals surface area contributed by atoms with Crippen molar-refractivity contribution in [3.05, 3.63) is 0 Å². The van der Waals surface area contributed by atoms with Crippen molar-refractivity contribution in [1.82, 2.24) is 4.90 Å². The lowest BCUT2D eigenvalue weighted by molar-refractivity contribution is 0.182. The van der Waals surface area contributed by atoms with Crippen LogP contribution in [0.15, 0.2) is 0 Å². The van der Waals surface area contributed by atoms with Crippen molar-refractivity contribution in [1.29, 1.82) is 5.41 Å². The molecule has 1 atom stereocenters. The van der Waals surface area contributed by atoms with Crippen molar-refractivity contribution in [2.75, 3.05) is 27.3 Å². The van der Waals surface area contributed by atoms with Crippen molar-refractivity contribution in [2.45, 2.75) is 32.2 Å². The van der Waals surface area contributed by atoms with Crippen LogP contribution in [0.5, 0.6) is 0 Å². The number of unbranched alkanes of at least 4 members (excludes halogenated alkanes) is 1. The van der Waals surface area contributed by atoms with E-state index in [0.29, 0.717) is 12.5 Å². The zero-order valence-electron chi connectivity index (χ0n) is 9.55. The zero-order valence-corrected chi connectivity index (χ0v) is 9.55. The third-order valence-electron chi connectivity index (χ3n) is 2.38. The van der Waals surface area contributed by atoms with Crippen LogP contribution < -0.4 is 5.73 Å². The van der Waals surface area contributed by atoms with Gasteiger partial charge in [0.05, 0.1) is 5.84 Å². The summed E-state index contributed by atoms with van der Waals surface area (Å²) in [6.07, 6.45) is 2.88. The minimum Gasteiger partial charge on any atom is -0.388 e. The molecule has 0 fully saturated rings. The number of amidine groups is 1. The number of nitrogens with two attached hydrogens (primary N) is 1. The van der Waals surface area contributed by atoms with Crippen molar-refractivity contribution in [2.24, 2.45) is 5.73 Å². The van der Waals surface area contributed by atoms with E-state index in [4.69, 9.17) is 15.9 Å². The van der Waals surface area contributed by atoms with Gasteiger partial charge in [-0.2, -0.15) is 0 Å². The van der Waals surface area contributed by atoms with Crippen LogP contribution in [0.25, 0.3) is 0 Å². The molecule has 0 aliphatic rings. The van der Waals surface area contributed by atoms with Crippen LogP contribution in [0, 0.1) is 5.41 Å². The molecule has 0 saturated heterocycles. The Balaban J connectivity index is 3.51. The van der Waals surface area contributed by atoms with Gasteiger partial charge in [0.25, 0.3) is 0 Å². The van der Waals surface area contributed by atoms with Crippen LogP contribution in [-0.2, 0) is 4.74 Å². The second-order valence-electron chi connectivity index (χ2n) is 3.76. The van der Waals surface area contributed by atoms with E-state index in [-0.39, 0.29) is 5.84 Å². The predicted molar refractivity (Wildman–Crippen MR) is 59.7 cm³/mol. The standard InChI is InChI=1S/C10H23N3O/c1-9(8-10(11)12)13(2)6-4-5-7-14-3/h9H,4-8H2,1-3H3,(H3,11,12). The predicted octanol–water partition coefficient (Wildman–Crippen LogP) is 1.06. The number of rotatable bonds is 8. The lowest BCUT2D eigenvalue weighted by Crippen LogP contribution is -2.33. The molecule has 0 aromatic rings. The maximum absolute atomic E-state index is 7.19. The highest BCUT2D eigenvalue weighted by Gasteiger charge is 2.09. The SMILES string of the molecule is COCCCCN(C)C(C)CC(=N)N. The Morgan fingerprint density at radius 2 is 2.14 bits per heavy atom. The molecule has 0 aromatic carbocycles. The average molecular weight is 201 g/mol. The summed E-state index contributed by atoms with van der Waals surface area (Å²) in [5, 5.41) is 7.19. The van der Waals surface area contributed by atoms with Gasteiger partial charge in [-0.15, -0.1) is 0 Å². The Labute approximate surface area is 86.9 Å². The lowest BCUT2D eigenvalue weighted by atomic mass is 10.2. The van der Waals surface area contributed by atoms with Crippen molar-refractivity contribution in [3.8, 4) is 0 Å². The molecule has 4 heteroatoms. The van der Waals surface area contributed by atoms with Crippen LogP contribution in [0.2, 0.25) is 0 Å². The van der Waals surface area contributed by atoms with E-state index in [1.54, 1.807) is 7.11 Å². The largest absolute Gasteiger partial charge is 0.388 e. The molecule has 0 bridgehead atoms. The fourth-order valence-electron chi connectivity index (χ4n) is 1.30. The van der Waals surface area contributed by atoms with Gasteiger partial charge >= 0.3 is 0 Å². The molecule has 0 heterocycles. The minimum atomic E-state index is 0.265. The third-order valence-corrected chi connectivity index (χ3v) is 2.38. The maximum Gasteiger partial charge on any atom is 0.0920 e. The molecule has 0 aromatic heterocycles. The molecule has 0 amide bonds. The molecule has 0 saturated carbocycles. The highest BCUT2D eigenvalue weighted by atomic mass is 16.5. The number of nitrogens with zero attached hydrogens (tertiary/aromatic N) is 1. The van der Waals surface area contributed by atoms with E-state index in [1.807, 2.05) is 0 Å². The summed E-state index contributed by atoms with van der Waals surface area (Å²) in [5.74, 6) is 0.265. The summed E-state index contributed by atoms with van der Waals surface area (Å²) in [7, 11) is 3.79. The van der Waals surface area contributed by atoms with E-state index in [1.165, 1.54) is 0 Å². The molecule has 4 nitrogen and oxygen atoms in total. The molecular formula is C10H23N3O. The van der Waals surface area contributed by atoms with Crippen molar-refractivity contribution >= 4 is 5.84 Å². The molecule has 0 aliphatic heterocycles. The second kappa shape index (κ2) is 7.76. The van der Waals surface area contributed by atoms with Gasteiger partial charge in [0.1, 0.15) is 0 Å². The Morgan fingerprint density at radius 1 is 1.50 bits per heavy atom. The van der Waals surface area contributed by atoms with Gasteiger partial charge in [-0.05, 0) is 33.4 Å². The number of hydrogen-bond donors (Lipinski definition) is 2. The van der Waals surface area contributed by atoms with Crippen LogP contribution in [0.1, 0.15) is 26.2 Å². The van der Waals surface area contributed by atoms with E-state index in [2.05, 4.69) is 18.9 Å². The molecule has 0 rings (SSSR count). The van der Waals surface area contributed by atoms with Gasteiger partial charge < -0.3 is 15.4 Å². The van der Waals surface area contributed by atoms with E-state index in [0.717, 1.165) is 26.0 Å². The van der Waals surface area contributed by atoms with Gasteiger partial charge in [0.2, 0.25) is 0 Å². The molecule has 14 heavy (non-hydrogen) atoms. The molecule has 1 unspecified atom stereocenters. The first-order chi connectivity index (χ1) is 6.57. The normalized spacial score (nSPS) is 13.1. The Kier molecular flexibility index (Phi) is 7.42. The second-order valence-corrected chi connectivity index (χ2v) is 3.76. The van der Waals surface area contributed by atoms with E-state index < -0.39 is 0 Å². The van der Waals surface area contributed by atoms with Crippen LogP contribution in [-0.4, -0.2) is 44.1 Å². The Morgan fingerprint density at radius 3 is 2.64 bits per heavy atom. The molecule has 84 valence electrons. The molecule has 0 aliphatic carbocycles. The smallest absolute Gasteiger partial charge is 0.0920 e. The van der Waals surface area contributed by atoms with E-state index >= 15 is 0 Å². The fraction of sp³-hybridized carbons (Fsp3) is 0.900. The number of hydrogen-bond acceptors (Lipinski definition) is 3. The quantitative estimate of drug-likeness (QED) is 0.351. The van der Waals surface area contributed by atoms with Crippen LogP contribution in [0.4, 0.5) is 0 Å². The van der Waals surface area contributed by atoms with Gasteiger partial charge in [-0.1, -0.05) is 0 Å². The van der Waals surface area contributed by atoms with Gasteiger partial charge in [0.15, 0.2) is 0 Å². The minimum absolute atomic E-state index is 0.265. The summed E-state index contributed by atoms with van der Waals surface area (Å²) in [4.78, 5) is 2.23. The Bertz CT molecular complexity index is 161. The number of nitrogens with one attached hydrogen (secondary N) is 1. The van der Waals surface area contributed by atoms with Crippen molar-refractivity contribution in [3.63, 3.8) is 0 Å². The fourth-order valence-corrected chi connectivity index (χ4v) is 1.30. The number of ether oxygens (including phenoxy) is 1.